The number of carbonyl (C=O) groups excluding carboxylic acids is 1. The standard InChI is InChI=1S/C22H27N5O2/c1-15(2)16-8-6-9-17(12-16)29-14-20(28)25-19-13-18(22(3,4)5)26-27(19)21-23-10-7-11-24-21/h6-13,15H,14H2,1-5H3,(H,25,28). The fourth-order valence-electron chi connectivity index (χ4n) is 2.68. The summed E-state index contributed by atoms with van der Waals surface area (Å²) in [5.41, 5.74) is 1.80. The van der Waals surface area contributed by atoms with Gasteiger partial charge in [-0.15, -0.1) is 0 Å². The molecule has 7 nitrogen and oxygen atoms in total. The maximum Gasteiger partial charge on any atom is 0.263 e. The van der Waals surface area contributed by atoms with Crippen molar-refractivity contribution >= 4 is 11.7 Å². The van der Waals surface area contributed by atoms with Gasteiger partial charge in [0.05, 0.1) is 5.69 Å². The van der Waals surface area contributed by atoms with E-state index in [1.54, 1.807) is 18.5 Å². The largest absolute Gasteiger partial charge is 0.484 e. The minimum atomic E-state index is -0.280. The van der Waals surface area contributed by atoms with Crippen molar-refractivity contribution in [2.24, 2.45) is 0 Å². The molecule has 0 aliphatic rings. The average molecular weight is 393 g/mol. The number of nitrogens with zero attached hydrogens (tertiary/aromatic N) is 4. The van der Waals surface area contributed by atoms with Crippen LogP contribution in [0.3, 0.4) is 0 Å². The number of amides is 1. The van der Waals surface area contributed by atoms with Gasteiger partial charge in [-0.1, -0.05) is 46.8 Å². The second-order valence-electron chi connectivity index (χ2n) is 8.19. The van der Waals surface area contributed by atoms with Gasteiger partial charge in [0.25, 0.3) is 11.9 Å². The smallest absolute Gasteiger partial charge is 0.263 e. The van der Waals surface area contributed by atoms with Gasteiger partial charge in [-0.25, -0.2) is 9.97 Å². The minimum Gasteiger partial charge on any atom is -0.484 e. The Labute approximate surface area is 171 Å². The molecule has 0 saturated carbocycles. The van der Waals surface area contributed by atoms with E-state index in [4.69, 9.17) is 4.74 Å². The van der Waals surface area contributed by atoms with Gasteiger partial charge in [0.1, 0.15) is 11.6 Å². The molecule has 0 radical (unpaired) electrons. The van der Waals surface area contributed by atoms with Crippen LogP contribution in [0.5, 0.6) is 5.75 Å². The molecule has 3 aromatic rings. The number of anilines is 1. The van der Waals surface area contributed by atoms with Crippen molar-refractivity contribution in [2.45, 2.75) is 46.0 Å². The van der Waals surface area contributed by atoms with E-state index >= 15 is 0 Å². The maximum absolute atomic E-state index is 12.5. The van der Waals surface area contributed by atoms with Gasteiger partial charge in [0, 0.05) is 23.9 Å². The fraction of sp³-hybridized carbons (Fsp3) is 0.364. The monoisotopic (exact) mass is 393 g/mol. The highest BCUT2D eigenvalue weighted by molar-refractivity contribution is 5.91. The fourth-order valence-corrected chi connectivity index (χ4v) is 2.68. The number of benzene rings is 1. The van der Waals surface area contributed by atoms with Crippen LogP contribution in [0.25, 0.3) is 5.95 Å². The van der Waals surface area contributed by atoms with Gasteiger partial charge in [-0.05, 0) is 29.7 Å². The normalized spacial score (nSPS) is 11.5. The van der Waals surface area contributed by atoms with Crippen molar-refractivity contribution in [2.75, 3.05) is 11.9 Å². The molecule has 0 aliphatic heterocycles. The second kappa shape index (κ2) is 8.43. The molecular formula is C22H27N5O2. The van der Waals surface area contributed by atoms with E-state index in [1.807, 2.05) is 30.3 Å². The van der Waals surface area contributed by atoms with Gasteiger partial charge in [-0.2, -0.15) is 9.78 Å². The Bertz CT molecular complexity index is 974. The lowest BCUT2D eigenvalue weighted by molar-refractivity contribution is -0.118. The quantitative estimate of drug-likeness (QED) is 0.682. The molecule has 0 saturated heterocycles. The van der Waals surface area contributed by atoms with E-state index in [1.165, 1.54) is 4.68 Å². The predicted octanol–water partition coefficient (Wildman–Crippen LogP) is 4.10. The summed E-state index contributed by atoms with van der Waals surface area (Å²) in [7, 11) is 0. The molecule has 29 heavy (non-hydrogen) atoms. The lowest BCUT2D eigenvalue weighted by Gasteiger charge is -2.13. The predicted molar refractivity (Wildman–Crippen MR) is 113 cm³/mol. The number of ether oxygens (including phenoxy) is 1. The highest BCUT2D eigenvalue weighted by Crippen LogP contribution is 2.25. The van der Waals surface area contributed by atoms with Gasteiger partial charge >= 0.3 is 0 Å². The zero-order valence-corrected chi connectivity index (χ0v) is 17.5. The summed E-state index contributed by atoms with van der Waals surface area (Å²) < 4.78 is 7.22. The van der Waals surface area contributed by atoms with Crippen LogP contribution in [0.15, 0.2) is 48.8 Å². The van der Waals surface area contributed by atoms with Gasteiger partial charge in [0.15, 0.2) is 6.61 Å². The number of aromatic nitrogens is 4. The van der Waals surface area contributed by atoms with Crippen molar-refractivity contribution in [3.05, 3.63) is 60.0 Å². The third-order valence-electron chi connectivity index (χ3n) is 4.38. The van der Waals surface area contributed by atoms with Crippen LogP contribution in [-0.4, -0.2) is 32.3 Å². The number of carbonyl (C=O) groups is 1. The van der Waals surface area contributed by atoms with Gasteiger partial charge < -0.3 is 10.1 Å². The molecule has 7 heteroatoms. The number of nitrogens with one attached hydrogen (secondary N) is 1. The number of rotatable bonds is 6. The Hall–Kier alpha value is -3.22. The van der Waals surface area contributed by atoms with Crippen LogP contribution in [0.1, 0.15) is 51.8 Å². The number of hydrogen-bond acceptors (Lipinski definition) is 5. The third kappa shape index (κ3) is 5.19. The molecule has 0 bridgehead atoms. The molecule has 0 spiro atoms. The molecule has 3 rings (SSSR count). The van der Waals surface area contributed by atoms with E-state index in [-0.39, 0.29) is 17.9 Å². The summed E-state index contributed by atoms with van der Waals surface area (Å²) in [4.78, 5) is 21.0. The average Bonchev–Trinajstić information content (AvgIpc) is 3.11. The van der Waals surface area contributed by atoms with Crippen LogP contribution in [0.2, 0.25) is 0 Å². The molecule has 1 aromatic carbocycles. The highest BCUT2D eigenvalue weighted by atomic mass is 16.5. The summed E-state index contributed by atoms with van der Waals surface area (Å²) in [6.07, 6.45) is 3.27. The Morgan fingerprint density at radius 3 is 2.52 bits per heavy atom. The first kappa shape index (κ1) is 20.5. The molecule has 2 heterocycles. The summed E-state index contributed by atoms with van der Waals surface area (Å²) in [6, 6.07) is 11.4. The van der Waals surface area contributed by atoms with Crippen LogP contribution in [-0.2, 0) is 10.2 Å². The summed E-state index contributed by atoms with van der Waals surface area (Å²) in [6.45, 7) is 10.3. The molecule has 0 fully saturated rings. The first-order valence-corrected chi connectivity index (χ1v) is 9.64. The molecular weight excluding hydrogens is 366 g/mol. The zero-order chi connectivity index (χ0) is 21.0. The maximum atomic E-state index is 12.5. The summed E-state index contributed by atoms with van der Waals surface area (Å²) >= 11 is 0. The molecule has 1 N–H and O–H groups in total. The first-order chi connectivity index (χ1) is 13.7. The summed E-state index contributed by atoms with van der Waals surface area (Å²) in [5.74, 6) is 1.68. The molecule has 0 unspecified atom stereocenters. The van der Waals surface area contributed by atoms with E-state index in [9.17, 15) is 4.79 Å². The Balaban J connectivity index is 1.76. The van der Waals surface area contributed by atoms with Gasteiger partial charge in [0.2, 0.25) is 0 Å². The molecule has 0 aliphatic carbocycles. The summed E-state index contributed by atoms with van der Waals surface area (Å²) in [5, 5.41) is 7.46. The highest BCUT2D eigenvalue weighted by Gasteiger charge is 2.22. The first-order valence-electron chi connectivity index (χ1n) is 9.64. The van der Waals surface area contributed by atoms with Crippen LogP contribution in [0, 0.1) is 0 Å². The van der Waals surface area contributed by atoms with Crippen molar-refractivity contribution in [3.8, 4) is 11.7 Å². The van der Waals surface area contributed by atoms with E-state index in [0.29, 0.717) is 23.4 Å². The van der Waals surface area contributed by atoms with Crippen molar-refractivity contribution < 1.29 is 9.53 Å². The molecule has 2 aromatic heterocycles. The molecule has 0 atom stereocenters. The van der Waals surface area contributed by atoms with Crippen molar-refractivity contribution in [1.29, 1.82) is 0 Å². The van der Waals surface area contributed by atoms with E-state index in [0.717, 1.165) is 11.3 Å². The van der Waals surface area contributed by atoms with E-state index < -0.39 is 0 Å². The van der Waals surface area contributed by atoms with Crippen LogP contribution < -0.4 is 10.1 Å². The molecule has 1 amide bonds. The van der Waals surface area contributed by atoms with Crippen molar-refractivity contribution in [1.82, 2.24) is 19.7 Å². The topological polar surface area (TPSA) is 81.9 Å². The Morgan fingerprint density at radius 2 is 1.86 bits per heavy atom. The number of hydrogen-bond donors (Lipinski definition) is 1. The second-order valence-corrected chi connectivity index (χ2v) is 8.19. The SMILES string of the molecule is CC(C)c1cccc(OCC(=O)Nc2cc(C(C)(C)C)nn2-c2ncccn2)c1. The third-order valence-corrected chi connectivity index (χ3v) is 4.38. The molecule has 152 valence electrons. The van der Waals surface area contributed by atoms with Crippen molar-refractivity contribution in [3.63, 3.8) is 0 Å². The van der Waals surface area contributed by atoms with Crippen LogP contribution >= 0.6 is 0 Å². The van der Waals surface area contributed by atoms with Crippen LogP contribution in [0.4, 0.5) is 5.82 Å². The van der Waals surface area contributed by atoms with E-state index in [2.05, 4.69) is 55.0 Å². The Morgan fingerprint density at radius 1 is 1.14 bits per heavy atom. The van der Waals surface area contributed by atoms with Gasteiger partial charge in [-0.3, -0.25) is 4.79 Å². The lowest BCUT2D eigenvalue weighted by Crippen LogP contribution is -2.22. The Kier molecular flexibility index (Phi) is 5.96. The zero-order valence-electron chi connectivity index (χ0n) is 17.5. The lowest BCUT2D eigenvalue weighted by atomic mass is 9.92. The minimum absolute atomic E-state index is 0.104.